The van der Waals surface area contributed by atoms with Gasteiger partial charge in [0.25, 0.3) is 10.0 Å². The molecule has 2 saturated heterocycles. The van der Waals surface area contributed by atoms with Crippen LogP contribution in [0.15, 0.2) is 59.8 Å². The van der Waals surface area contributed by atoms with Crippen molar-refractivity contribution in [3.8, 4) is 10.6 Å². The monoisotopic (exact) mass is 665 g/mol. The summed E-state index contributed by atoms with van der Waals surface area (Å²) in [6, 6.07) is 14.1. The number of hydrogen-bond acceptors (Lipinski definition) is 11. The molecule has 2 aliphatic heterocycles. The first kappa shape index (κ1) is 32.1. The molecule has 2 N–H and O–H groups in total. The Morgan fingerprint density at radius 2 is 1.87 bits per heavy atom. The number of nitrogens with one attached hydrogen (secondary N) is 2. The van der Waals surface area contributed by atoms with Crippen molar-refractivity contribution in [3.63, 3.8) is 0 Å². The fourth-order valence-corrected chi connectivity index (χ4v) is 7.66. The smallest absolute Gasteiger partial charge is 0.407 e. The van der Waals surface area contributed by atoms with E-state index in [1.165, 1.54) is 11.3 Å². The number of thiazole rings is 1. The van der Waals surface area contributed by atoms with Crippen molar-refractivity contribution in [2.45, 2.75) is 56.7 Å². The average molecular weight is 666 g/mol. The third kappa shape index (κ3) is 7.92. The molecule has 244 valence electrons. The molecule has 0 saturated carbocycles. The molecule has 0 bridgehead atoms. The van der Waals surface area contributed by atoms with Gasteiger partial charge in [0.2, 0.25) is 0 Å². The molecule has 6 rings (SSSR count). The highest BCUT2D eigenvalue weighted by molar-refractivity contribution is 7.92. The number of nitrogens with zero attached hydrogens (tertiary/aromatic N) is 5. The van der Waals surface area contributed by atoms with Crippen molar-refractivity contribution in [3.05, 3.63) is 60.4 Å². The van der Waals surface area contributed by atoms with Crippen molar-refractivity contribution in [2.75, 3.05) is 49.0 Å². The quantitative estimate of drug-likeness (QED) is 0.268. The van der Waals surface area contributed by atoms with Gasteiger partial charge in [0.15, 0.2) is 5.82 Å². The number of aromatic nitrogens is 3. The van der Waals surface area contributed by atoms with Gasteiger partial charge in [-0.15, -0.1) is 0 Å². The van der Waals surface area contributed by atoms with Gasteiger partial charge in [0, 0.05) is 43.5 Å². The fraction of sp³-hybridized carbons (Fsp3) is 0.438. The minimum absolute atomic E-state index is 0.0253. The Kier molecular flexibility index (Phi) is 9.41. The minimum atomic E-state index is -3.83. The number of alkyl carbamates (subject to hydrolysis) is 1. The average Bonchev–Trinajstić information content (AvgIpc) is 3.46. The van der Waals surface area contributed by atoms with E-state index in [1.807, 2.05) is 39.0 Å². The number of amides is 1. The Morgan fingerprint density at radius 3 is 2.63 bits per heavy atom. The highest BCUT2D eigenvalue weighted by Crippen LogP contribution is 2.33. The van der Waals surface area contributed by atoms with Gasteiger partial charge in [-0.1, -0.05) is 23.5 Å². The van der Waals surface area contributed by atoms with Crippen LogP contribution in [0.4, 0.5) is 16.3 Å². The number of fused-ring (bicyclic) bond motifs is 1. The van der Waals surface area contributed by atoms with Crippen molar-refractivity contribution >= 4 is 49.3 Å². The minimum Gasteiger partial charge on any atom is -0.444 e. The standard InChI is InChI=1S/C32H39N7O5S2/c1-32(2,3)44-31(40)35-25-7-5-13-38(20-25)19-22-6-4-8-26(18-22)46(41,42)37-24-11-9-23(10-12-24)29-36-27-28(33-21-34-30(27)45-29)39-14-16-43-17-15-39/h4,6,8-12,18,21,25,37H,5,7,13-17,19-20H2,1-3H3,(H,35,40)/t25-/m1/s1. The molecule has 2 aliphatic rings. The van der Waals surface area contributed by atoms with Crippen molar-refractivity contribution in [1.29, 1.82) is 0 Å². The van der Waals surface area contributed by atoms with E-state index < -0.39 is 21.7 Å². The Morgan fingerprint density at radius 1 is 1.09 bits per heavy atom. The number of anilines is 2. The number of likely N-dealkylation sites (tertiary alicyclic amines) is 1. The zero-order valence-electron chi connectivity index (χ0n) is 26.2. The number of rotatable bonds is 8. The van der Waals surface area contributed by atoms with Crippen LogP contribution in [0.25, 0.3) is 20.9 Å². The van der Waals surface area contributed by atoms with E-state index in [9.17, 15) is 13.2 Å². The van der Waals surface area contributed by atoms with Gasteiger partial charge in [-0.3, -0.25) is 9.62 Å². The number of piperidine rings is 1. The number of sulfonamides is 1. The molecule has 2 aromatic carbocycles. The van der Waals surface area contributed by atoms with Crippen molar-refractivity contribution in [2.24, 2.45) is 0 Å². The fourth-order valence-electron chi connectivity index (χ4n) is 5.63. The molecule has 0 unspecified atom stereocenters. The normalized spacial score (nSPS) is 18.0. The zero-order chi connectivity index (χ0) is 32.3. The largest absolute Gasteiger partial charge is 0.444 e. The first-order chi connectivity index (χ1) is 22.0. The third-order valence-corrected chi connectivity index (χ3v) is 10.1. The molecule has 1 atom stereocenters. The topological polar surface area (TPSA) is 139 Å². The maximum Gasteiger partial charge on any atom is 0.407 e. The summed E-state index contributed by atoms with van der Waals surface area (Å²) in [7, 11) is -3.83. The van der Waals surface area contributed by atoms with E-state index in [0.717, 1.165) is 64.8 Å². The van der Waals surface area contributed by atoms with Gasteiger partial charge in [0.1, 0.15) is 27.3 Å². The van der Waals surface area contributed by atoms with Crippen LogP contribution >= 0.6 is 11.3 Å². The molecule has 0 radical (unpaired) electrons. The van der Waals surface area contributed by atoms with Crippen LogP contribution < -0.4 is 14.9 Å². The highest BCUT2D eigenvalue weighted by Gasteiger charge is 2.25. The molecule has 0 aliphatic carbocycles. The Hall–Kier alpha value is -3.85. The van der Waals surface area contributed by atoms with E-state index in [0.29, 0.717) is 32.0 Å². The molecule has 4 heterocycles. The summed E-state index contributed by atoms with van der Waals surface area (Å²) < 4.78 is 40.3. The predicted octanol–water partition coefficient (Wildman–Crippen LogP) is 4.88. The van der Waals surface area contributed by atoms with Gasteiger partial charge in [-0.2, -0.15) is 0 Å². The van der Waals surface area contributed by atoms with Crippen LogP contribution in [-0.4, -0.2) is 85.4 Å². The van der Waals surface area contributed by atoms with Crippen LogP contribution in [0.3, 0.4) is 0 Å². The number of benzene rings is 2. The number of carbonyl (C=O) groups excluding carboxylic acids is 1. The SMILES string of the molecule is CC(C)(C)OC(=O)N[C@@H]1CCCN(Cc2cccc(S(=O)(=O)Nc3ccc(-c4nc5c(N6CCOCC6)ncnc5s4)cc3)c2)C1. The summed E-state index contributed by atoms with van der Waals surface area (Å²) in [5.41, 5.74) is 2.40. The second kappa shape index (κ2) is 13.5. The van der Waals surface area contributed by atoms with Gasteiger partial charge in [-0.05, 0) is 82.1 Å². The Labute approximate surface area is 273 Å². The summed E-state index contributed by atoms with van der Waals surface area (Å²) in [6.45, 7) is 10.4. The van der Waals surface area contributed by atoms with Crippen molar-refractivity contribution in [1.82, 2.24) is 25.2 Å². The summed E-state index contributed by atoms with van der Waals surface area (Å²) >= 11 is 1.48. The van der Waals surface area contributed by atoms with Gasteiger partial charge < -0.3 is 19.7 Å². The molecule has 4 aromatic rings. The lowest BCUT2D eigenvalue weighted by atomic mass is 10.0. The van der Waals surface area contributed by atoms with Crippen LogP contribution in [-0.2, 0) is 26.0 Å². The first-order valence-corrected chi connectivity index (χ1v) is 17.7. The number of hydrogen-bond donors (Lipinski definition) is 2. The zero-order valence-corrected chi connectivity index (χ0v) is 27.9. The molecule has 14 heteroatoms. The summed E-state index contributed by atoms with van der Waals surface area (Å²) in [5, 5.41) is 3.75. The molecule has 1 amide bonds. The second-order valence-electron chi connectivity index (χ2n) is 12.5. The molecule has 12 nitrogen and oxygen atoms in total. The van der Waals surface area contributed by atoms with Crippen LogP contribution in [0.1, 0.15) is 39.2 Å². The second-order valence-corrected chi connectivity index (χ2v) is 15.2. The van der Waals surface area contributed by atoms with E-state index in [4.69, 9.17) is 14.5 Å². The van der Waals surface area contributed by atoms with Crippen LogP contribution in [0.5, 0.6) is 0 Å². The highest BCUT2D eigenvalue weighted by atomic mass is 32.2. The Bertz CT molecular complexity index is 1780. The summed E-state index contributed by atoms with van der Waals surface area (Å²) in [5.74, 6) is 0.806. The summed E-state index contributed by atoms with van der Waals surface area (Å²) in [4.78, 5) is 31.4. The Balaban J connectivity index is 1.10. The lowest BCUT2D eigenvalue weighted by molar-refractivity contribution is 0.0470. The van der Waals surface area contributed by atoms with Gasteiger partial charge >= 0.3 is 6.09 Å². The van der Waals surface area contributed by atoms with E-state index >= 15 is 0 Å². The van der Waals surface area contributed by atoms with Gasteiger partial charge in [0.05, 0.1) is 18.1 Å². The van der Waals surface area contributed by atoms with E-state index in [-0.39, 0.29) is 10.9 Å². The first-order valence-electron chi connectivity index (χ1n) is 15.4. The van der Waals surface area contributed by atoms with E-state index in [1.54, 1.807) is 36.7 Å². The summed E-state index contributed by atoms with van der Waals surface area (Å²) in [6.07, 6.45) is 2.94. The lowest BCUT2D eigenvalue weighted by Gasteiger charge is -2.33. The molecule has 0 spiro atoms. The van der Waals surface area contributed by atoms with E-state index in [2.05, 4.69) is 29.8 Å². The molecular weight excluding hydrogens is 627 g/mol. The van der Waals surface area contributed by atoms with Gasteiger partial charge in [-0.25, -0.2) is 28.2 Å². The van der Waals surface area contributed by atoms with Crippen LogP contribution in [0, 0.1) is 0 Å². The molecular formula is C32H39N7O5S2. The van der Waals surface area contributed by atoms with Crippen LogP contribution in [0.2, 0.25) is 0 Å². The third-order valence-electron chi connectivity index (χ3n) is 7.71. The number of morpholine rings is 1. The lowest BCUT2D eigenvalue weighted by Crippen LogP contribution is -2.48. The molecule has 2 aromatic heterocycles. The number of ether oxygens (including phenoxy) is 2. The molecule has 2 fully saturated rings. The maximum absolute atomic E-state index is 13.4. The van der Waals surface area contributed by atoms with Crippen molar-refractivity contribution < 1.29 is 22.7 Å². The molecule has 46 heavy (non-hydrogen) atoms. The maximum atomic E-state index is 13.4. The predicted molar refractivity (Wildman–Crippen MR) is 179 cm³/mol. The number of carbonyl (C=O) groups is 1.